The van der Waals surface area contributed by atoms with Crippen LogP contribution in [0.25, 0.3) is 0 Å². The third-order valence-corrected chi connectivity index (χ3v) is 2.98. The first-order valence-electron chi connectivity index (χ1n) is 7.06. The maximum atomic E-state index is 5.76. The van der Waals surface area contributed by atoms with E-state index in [1.165, 1.54) is 19.3 Å². The highest BCUT2D eigenvalue weighted by molar-refractivity contribution is 14.0. The molecule has 3 N–H and O–H groups in total. The van der Waals surface area contributed by atoms with Crippen LogP contribution in [0.15, 0.2) is 4.99 Å². The van der Waals surface area contributed by atoms with Gasteiger partial charge < -0.3 is 20.5 Å². The Bertz CT molecular complexity index is 234. The summed E-state index contributed by atoms with van der Waals surface area (Å²) >= 11 is 0. The summed E-state index contributed by atoms with van der Waals surface area (Å²) in [4.78, 5) is 4.24. The van der Waals surface area contributed by atoms with Gasteiger partial charge in [0, 0.05) is 32.9 Å². The maximum Gasteiger partial charge on any atom is 0.188 e. The van der Waals surface area contributed by atoms with Gasteiger partial charge in [-0.15, -0.1) is 24.0 Å². The van der Waals surface area contributed by atoms with Gasteiger partial charge in [-0.1, -0.05) is 0 Å². The standard InChI is InChI=1S/C13H27N3O2.HI/c1-2-17-10-5-8-15-13(14)16-9-7-12-6-3-4-11-18-12;/h12H,2-11H2,1H3,(H3,14,15,16);1H. The molecule has 1 saturated heterocycles. The summed E-state index contributed by atoms with van der Waals surface area (Å²) in [5.41, 5.74) is 5.76. The highest BCUT2D eigenvalue weighted by atomic mass is 127. The molecule has 0 saturated carbocycles. The molecule has 0 amide bonds. The normalized spacial score (nSPS) is 19.8. The Kier molecular flexibility index (Phi) is 12.9. The molecule has 1 atom stereocenters. The summed E-state index contributed by atoms with van der Waals surface area (Å²) in [6, 6.07) is 0. The van der Waals surface area contributed by atoms with Gasteiger partial charge in [0.1, 0.15) is 0 Å². The zero-order valence-corrected chi connectivity index (χ0v) is 14.2. The monoisotopic (exact) mass is 385 g/mol. The van der Waals surface area contributed by atoms with Crippen LogP contribution in [0, 0.1) is 0 Å². The first kappa shape index (κ1) is 18.9. The van der Waals surface area contributed by atoms with Crippen LogP contribution in [-0.2, 0) is 9.47 Å². The van der Waals surface area contributed by atoms with Gasteiger partial charge in [0.2, 0.25) is 0 Å². The topological polar surface area (TPSA) is 68.9 Å². The van der Waals surface area contributed by atoms with Gasteiger partial charge in [-0.25, -0.2) is 0 Å². The van der Waals surface area contributed by atoms with E-state index in [2.05, 4.69) is 10.3 Å². The van der Waals surface area contributed by atoms with Crippen molar-refractivity contribution in [3.63, 3.8) is 0 Å². The van der Waals surface area contributed by atoms with Crippen LogP contribution in [0.2, 0.25) is 0 Å². The first-order chi connectivity index (χ1) is 8.83. The molecule has 114 valence electrons. The molecule has 1 unspecified atom stereocenters. The fourth-order valence-electron chi connectivity index (χ4n) is 1.96. The molecule has 1 aliphatic heterocycles. The van der Waals surface area contributed by atoms with Crippen LogP contribution >= 0.6 is 24.0 Å². The Morgan fingerprint density at radius 3 is 3.00 bits per heavy atom. The summed E-state index contributed by atoms with van der Waals surface area (Å²) in [5.74, 6) is 0.530. The minimum atomic E-state index is 0. The van der Waals surface area contributed by atoms with Crippen molar-refractivity contribution in [1.29, 1.82) is 0 Å². The Labute approximate surface area is 133 Å². The molecule has 0 bridgehead atoms. The molecular weight excluding hydrogens is 357 g/mol. The summed E-state index contributed by atoms with van der Waals surface area (Å²) in [6.45, 7) is 5.98. The van der Waals surface area contributed by atoms with Gasteiger partial charge in [-0.05, 0) is 39.0 Å². The first-order valence-corrected chi connectivity index (χ1v) is 7.06. The molecule has 6 heteroatoms. The number of nitrogens with two attached hydrogens (primary N) is 1. The number of nitrogens with zero attached hydrogens (tertiary/aromatic N) is 1. The molecule has 0 spiro atoms. The molecule has 0 aromatic rings. The second-order valence-corrected chi connectivity index (χ2v) is 4.52. The predicted octanol–water partition coefficient (Wildman–Crippen LogP) is 1.89. The van der Waals surface area contributed by atoms with Crippen molar-refractivity contribution in [2.45, 2.75) is 45.1 Å². The van der Waals surface area contributed by atoms with Gasteiger partial charge in [0.05, 0.1) is 6.10 Å². The van der Waals surface area contributed by atoms with E-state index in [-0.39, 0.29) is 24.0 Å². The molecule has 0 radical (unpaired) electrons. The van der Waals surface area contributed by atoms with E-state index in [1.807, 2.05) is 6.92 Å². The lowest BCUT2D eigenvalue weighted by Gasteiger charge is -2.22. The number of hydrogen-bond acceptors (Lipinski definition) is 3. The summed E-state index contributed by atoms with van der Waals surface area (Å²) in [7, 11) is 0. The van der Waals surface area contributed by atoms with E-state index in [9.17, 15) is 0 Å². The maximum absolute atomic E-state index is 5.76. The molecule has 0 aromatic carbocycles. The van der Waals surface area contributed by atoms with Crippen molar-refractivity contribution < 1.29 is 9.47 Å². The average molecular weight is 385 g/mol. The number of aliphatic imine (C=N–C) groups is 1. The average Bonchev–Trinajstić information content (AvgIpc) is 2.40. The van der Waals surface area contributed by atoms with Crippen LogP contribution < -0.4 is 11.1 Å². The van der Waals surface area contributed by atoms with Gasteiger partial charge in [-0.3, -0.25) is 4.99 Å². The Balaban J connectivity index is 0.00000324. The van der Waals surface area contributed by atoms with Crippen molar-refractivity contribution in [3.8, 4) is 0 Å². The van der Waals surface area contributed by atoms with Crippen LogP contribution in [0.5, 0.6) is 0 Å². The molecule has 19 heavy (non-hydrogen) atoms. The summed E-state index contributed by atoms with van der Waals surface area (Å²) < 4.78 is 10.9. The van der Waals surface area contributed by atoms with E-state index in [1.54, 1.807) is 0 Å². The molecule has 0 aromatic heterocycles. The van der Waals surface area contributed by atoms with Gasteiger partial charge in [0.15, 0.2) is 5.96 Å². The van der Waals surface area contributed by atoms with E-state index in [0.717, 1.165) is 45.8 Å². The van der Waals surface area contributed by atoms with Gasteiger partial charge >= 0.3 is 0 Å². The number of rotatable bonds is 8. The zero-order chi connectivity index (χ0) is 13.1. The highest BCUT2D eigenvalue weighted by Crippen LogP contribution is 2.14. The molecule has 1 aliphatic rings. The molecule has 1 heterocycles. The van der Waals surface area contributed by atoms with E-state index in [4.69, 9.17) is 15.2 Å². The molecule has 5 nitrogen and oxygen atoms in total. The van der Waals surface area contributed by atoms with Crippen molar-refractivity contribution in [2.24, 2.45) is 10.7 Å². The number of nitrogens with one attached hydrogen (secondary N) is 1. The quantitative estimate of drug-likeness (QED) is 0.290. The summed E-state index contributed by atoms with van der Waals surface area (Å²) in [5, 5.41) is 3.13. The smallest absolute Gasteiger partial charge is 0.188 e. The Hall–Kier alpha value is -0.0800. The second kappa shape index (κ2) is 12.9. The summed E-state index contributed by atoms with van der Waals surface area (Å²) in [6.07, 6.45) is 5.99. The predicted molar refractivity (Wildman–Crippen MR) is 89.2 cm³/mol. The third-order valence-electron chi connectivity index (χ3n) is 2.98. The van der Waals surface area contributed by atoms with Gasteiger partial charge in [-0.2, -0.15) is 0 Å². The molecular formula is C13H28IN3O2. The van der Waals surface area contributed by atoms with Crippen LogP contribution in [0.1, 0.15) is 39.0 Å². The lowest BCUT2D eigenvalue weighted by atomic mass is 10.1. The highest BCUT2D eigenvalue weighted by Gasteiger charge is 2.12. The van der Waals surface area contributed by atoms with Crippen LogP contribution in [-0.4, -0.2) is 45.0 Å². The Morgan fingerprint density at radius 1 is 1.47 bits per heavy atom. The Morgan fingerprint density at radius 2 is 2.32 bits per heavy atom. The lowest BCUT2D eigenvalue weighted by molar-refractivity contribution is 0.0122. The third kappa shape index (κ3) is 10.4. The minimum absolute atomic E-state index is 0. The van der Waals surface area contributed by atoms with E-state index < -0.39 is 0 Å². The SMILES string of the molecule is CCOCCCN=C(N)NCCC1CCCCO1.I. The number of halogens is 1. The number of hydrogen-bond donors (Lipinski definition) is 2. The van der Waals surface area contributed by atoms with E-state index in [0.29, 0.717) is 12.1 Å². The van der Waals surface area contributed by atoms with Crippen molar-refractivity contribution in [2.75, 3.05) is 32.9 Å². The fraction of sp³-hybridized carbons (Fsp3) is 0.923. The fourth-order valence-corrected chi connectivity index (χ4v) is 1.96. The van der Waals surface area contributed by atoms with Crippen LogP contribution in [0.4, 0.5) is 0 Å². The minimum Gasteiger partial charge on any atom is -0.382 e. The number of ether oxygens (including phenoxy) is 2. The second-order valence-electron chi connectivity index (χ2n) is 4.52. The van der Waals surface area contributed by atoms with Crippen molar-refractivity contribution in [1.82, 2.24) is 5.32 Å². The van der Waals surface area contributed by atoms with Crippen molar-refractivity contribution in [3.05, 3.63) is 0 Å². The van der Waals surface area contributed by atoms with Gasteiger partial charge in [0.25, 0.3) is 0 Å². The molecule has 1 fully saturated rings. The van der Waals surface area contributed by atoms with Crippen LogP contribution in [0.3, 0.4) is 0 Å². The number of guanidine groups is 1. The van der Waals surface area contributed by atoms with Crippen molar-refractivity contribution >= 4 is 29.9 Å². The van der Waals surface area contributed by atoms with E-state index >= 15 is 0 Å². The lowest BCUT2D eigenvalue weighted by Crippen LogP contribution is -2.35. The molecule has 1 rings (SSSR count). The zero-order valence-electron chi connectivity index (χ0n) is 11.9. The largest absolute Gasteiger partial charge is 0.382 e. The molecule has 0 aliphatic carbocycles.